The van der Waals surface area contributed by atoms with E-state index in [1.165, 1.54) is 0 Å². The molecule has 1 aliphatic rings. The first-order valence-electron chi connectivity index (χ1n) is 7.93. The highest BCUT2D eigenvalue weighted by atomic mass is 35.5. The van der Waals surface area contributed by atoms with Crippen LogP contribution < -0.4 is 4.90 Å². The summed E-state index contributed by atoms with van der Waals surface area (Å²) >= 11 is 12.4. The number of piperazine rings is 1. The van der Waals surface area contributed by atoms with E-state index in [1.807, 2.05) is 36.9 Å². The molecule has 1 fully saturated rings. The standard InChI is InChI=1S/C17H20Cl2N4O/c1-12-10-13(2)23(20-12)11-16(24)22-8-6-21(7-9-22)15-5-3-4-14(18)17(15)19/h3-5,10H,6-9,11H2,1-2H3. The zero-order valence-electron chi connectivity index (χ0n) is 13.8. The molecule has 0 saturated carbocycles. The Hall–Kier alpha value is -1.72. The van der Waals surface area contributed by atoms with E-state index in [2.05, 4.69) is 10.00 Å². The van der Waals surface area contributed by atoms with Crippen molar-refractivity contribution in [1.29, 1.82) is 0 Å². The van der Waals surface area contributed by atoms with Crippen molar-refractivity contribution in [2.75, 3.05) is 31.1 Å². The van der Waals surface area contributed by atoms with Crippen LogP contribution >= 0.6 is 23.2 Å². The van der Waals surface area contributed by atoms with Crippen molar-refractivity contribution >= 4 is 34.8 Å². The molecule has 5 nitrogen and oxygen atoms in total. The van der Waals surface area contributed by atoms with Crippen molar-refractivity contribution in [3.05, 3.63) is 45.7 Å². The number of anilines is 1. The third-order valence-electron chi connectivity index (χ3n) is 4.29. The van der Waals surface area contributed by atoms with Gasteiger partial charge in [-0.05, 0) is 32.0 Å². The van der Waals surface area contributed by atoms with Gasteiger partial charge in [-0.25, -0.2) is 0 Å². The van der Waals surface area contributed by atoms with Crippen molar-refractivity contribution in [3.63, 3.8) is 0 Å². The smallest absolute Gasteiger partial charge is 0.244 e. The van der Waals surface area contributed by atoms with Gasteiger partial charge in [-0.3, -0.25) is 9.48 Å². The van der Waals surface area contributed by atoms with Gasteiger partial charge in [0, 0.05) is 31.9 Å². The van der Waals surface area contributed by atoms with Crippen LogP contribution in [-0.2, 0) is 11.3 Å². The topological polar surface area (TPSA) is 41.4 Å². The minimum atomic E-state index is 0.0954. The number of aryl methyl sites for hydroxylation is 2. The average Bonchev–Trinajstić information content (AvgIpc) is 2.87. The molecule has 0 N–H and O–H groups in total. The highest BCUT2D eigenvalue weighted by molar-refractivity contribution is 6.43. The molecule has 0 bridgehead atoms. The fourth-order valence-corrected chi connectivity index (χ4v) is 3.41. The summed E-state index contributed by atoms with van der Waals surface area (Å²) in [5.41, 5.74) is 2.86. The SMILES string of the molecule is Cc1cc(C)n(CC(=O)N2CCN(c3cccc(Cl)c3Cl)CC2)n1. The van der Waals surface area contributed by atoms with Crippen molar-refractivity contribution in [2.45, 2.75) is 20.4 Å². The number of amides is 1. The van der Waals surface area contributed by atoms with Gasteiger partial charge in [0.05, 0.1) is 21.4 Å². The lowest BCUT2D eigenvalue weighted by Gasteiger charge is -2.36. The number of aromatic nitrogens is 2. The first-order chi connectivity index (χ1) is 11.5. The van der Waals surface area contributed by atoms with Crippen molar-refractivity contribution < 1.29 is 4.79 Å². The quantitative estimate of drug-likeness (QED) is 0.837. The summed E-state index contributed by atoms with van der Waals surface area (Å²) in [6.45, 7) is 7.00. The molecule has 1 saturated heterocycles. The third-order valence-corrected chi connectivity index (χ3v) is 5.10. The lowest BCUT2D eigenvalue weighted by atomic mass is 10.2. The van der Waals surface area contributed by atoms with Gasteiger partial charge in [-0.2, -0.15) is 5.10 Å². The van der Waals surface area contributed by atoms with Gasteiger partial charge in [0.2, 0.25) is 5.91 Å². The second-order valence-corrected chi connectivity index (χ2v) is 6.81. The molecule has 2 aromatic rings. The molecule has 3 rings (SSSR count). The lowest BCUT2D eigenvalue weighted by Crippen LogP contribution is -2.49. The van der Waals surface area contributed by atoms with E-state index in [9.17, 15) is 4.79 Å². The van der Waals surface area contributed by atoms with Crippen LogP contribution in [0.15, 0.2) is 24.3 Å². The van der Waals surface area contributed by atoms with E-state index in [4.69, 9.17) is 23.2 Å². The molecule has 0 radical (unpaired) electrons. The second-order valence-electron chi connectivity index (χ2n) is 6.03. The predicted octanol–water partition coefficient (Wildman–Crippen LogP) is 3.16. The number of hydrogen-bond donors (Lipinski definition) is 0. The van der Waals surface area contributed by atoms with Crippen LogP contribution in [0.25, 0.3) is 0 Å². The van der Waals surface area contributed by atoms with E-state index in [1.54, 1.807) is 10.7 Å². The van der Waals surface area contributed by atoms with Gasteiger partial charge in [-0.1, -0.05) is 29.3 Å². The summed E-state index contributed by atoms with van der Waals surface area (Å²) in [7, 11) is 0. The van der Waals surface area contributed by atoms with E-state index >= 15 is 0 Å². The van der Waals surface area contributed by atoms with E-state index < -0.39 is 0 Å². The zero-order valence-corrected chi connectivity index (χ0v) is 15.3. The van der Waals surface area contributed by atoms with Crippen LogP contribution in [0.2, 0.25) is 10.0 Å². The molecule has 128 valence electrons. The molecule has 0 unspecified atom stereocenters. The highest BCUT2D eigenvalue weighted by Crippen LogP contribution is 2.32. The molecule has 0 spiro atoms. The summed E-state index contributed by atoms with van der Waals surface area (Å²) in [5.74, 6) is 0.0954. The number of hydrogen-bond acceptors (Lipinski definition) is 3. The Morgan fingerprint density at radius 3 is 2.50 bits per heavy atom. The molecule has 24 heavy (non-hydrogen) atoms. The normalized spacial score (nSPS) is 15.0. The number of rotatable bonds is 3. The van der Waals surface area contributed by atoms with Crippen LogP contribution in [0.3, 0.4) is 0 Å². The van der Waals surface area contributed by atoms with Gasteiger partial charge in [0.15, 0.2) is 0 Å². The molecule has 1 aromatic carbocycles. The fourth-order valence-electron chi connectivity index (χ4n) is 3.00. The summed E-state index contributed by atoms with van der Waals surface area (Å²) < 4.78 is 1.76. The third kappa shape index (κ3) is 3.52. The van der Waals surface area contributed by atoms with E-state index in [0.29, 0.717) is 23.1 Å². The Morgan fingerprint density at radius 1 is 1.17 bits per heavy atom. The van der Waals surface area contributed by atoms with Crippen molar-refractivity contribution in [2.24, 2.45) is 0 Å². The average molecular weight is 367 g/mol. The van der Waals surface area contributed by atoms with Crippen LogP contribution in [-0.4, -0.2) is 46.8 Å². The van der Waals surface area contributed by atoms with Gasteiger partial charge < -0.3 is 9.80 Å². The minimum Gasteiger partial charge on any atom is -0.367 e. The minimum absolute atomic E-state index is 0.0954. The van der Waals surface area contributed by atoms with Gasteiger partial charge >= 0.3 is 0 Å². The molecular formula is C17H20Cl2N4O. The van der Waals surface area contributed by atoms with Gasteiger partial charge in [0.25, 0.3) is 0 Å². The maximum atomic E-state index is 12.5. The molecule has 1 amide bonds. The zero-order chi connectivity index (χ0) is 17.3. The Kier molecular flexibility index (Phi) is 5.01. The molecule has 0 aliphatic carbocycles. The molecule has 7 heteroatoms. The summed E-state index contributed by atoms with van der Waals surface area (Å²) in [4.78, 5) is 16.5. The Labute approximate surface area is 151 Å². The number of benzene rings is 1. The van der Waals surface area contributed by atoms with Gasteiger partial charge in [-0.15, -0.1) is 0 Å². The maximum absolute atomic E-state index is 12.5. The van der Waals surface area contributed by atoms with Crippen molar-refractivity contribution in [1.82, 2.24) is 14.7 Å². The second kappa shape index (κ2) is 7.03. The van der Waals surface area contributed by atoms with Crippen LogP contribution in [0.5, 0.6) is 0 Å². The lowest BCUT2D eigenvalue weighted by molar-refractivity contribution is -0.132. The Morgan fingerprint density at radius 2 is 1.88 bits per heavy atom. The summed E-state index contributed by atoms with van der Waals surface area (Å²) in [6.07, 6.45) is 0. The number of carbonyl (C=O) groups is 1. The van der Waals surface area contributed by atoms with E-state index in [-0.39, 0.29) is 12.5 Å². The fraction of sp³-hybridized carbons (Fsp3) is 0.412. The molecular weight excluding hydrogens is 347 g/mol. The Balaban J connectivity index is 1.61. The van der Waals surface area contributed by atoms with Crippen molar-refractivity contribution in [3.8, 4) is 0 Å². The number of halogens is 2. The molecule has 1 aromatic heterocycles. The largest absolute Gasteiger partial charge is 0.367 e. The van der Waals surface area contributed by atoms with Crippen LogP contribution in [0.1, 0.15) is 11.4 Å². The van der Waals surface area contributed by atoms with Gasteiger partial charge in [0.1, 0.15) is 6.54 Å². The number of carbonyl (C=O) groups excluding carboxylic acids is 1. The van der Waals surface area contributed by atoms with Crippen LogP contribution in [0, 0.1) is 13.8 Å². The highest BCUT2D eigenvalue weighted by Gasteiger charge is 2.23. The number of nitrogens with zero attached hydrogens (tertiary/aromatic N) is 4. The Bertz CT molecular complexity index is 751. The molecule has 1 aliphatic heterocycles. The monoisotopic (exact) mass is 366 g/mol. The summed E-state index contributed by atoms with van der Waals surface area (Å²) in [6, 6.07) is 7.61. The predicted molar refractivity (Wildman–Crippen MR) is 97.0 cm³/mol. The molecule has 2 heterocycles. The first-order valence-corrected chi connectivity index (χ1v) is 8.69. The maximum Gasteiger partial charge on any atom is 0.244 e. The first kappa shape index (κ1) is 17.1. The summed E-state index contributed by atoms with van der Waals surface area (Å²) in [5, 5.41) is 5.48. The molecule has 0 atom stereocenters. The van der Waals surface area contributed by atoms with Crippen LogP contribution in [0.4, 0.5) is 5.69 Å². The van der Waals surface area contributed by atoms with E-state index in [0.717, 1.165) is 30.2 Å².